The zero-order valence-corrected chi connectivity index (χ0v) is 16.0. The lowest BCUT2D eigenvalue weighted by molar-refractivity contribution is 0.0526. The molecule has 26 heavy (non-hydrogen) atoms. The van der Waals surface area contributed by atoms with E-state index >= 15 is 0 Å². The number of esters is 1. The highest BCUT2D eigenvalue weighted by molar-refractivity contribution is 7.17. The number of aromatic nitrogens is 1. The third-order valence-corrected chi connectivity index (χ3v) is 6.47. The SMILES string of the molecule is CCOC(=O)c1c(NC(=O)c2ccc3ncsc3c2)sc2c1CCCC2. The third kappa shape index (κ3) is 3.12. The van der Waals surface area contributed by atoms with Gasteiger partial charge in [-0.25, -0.2) is 9.78 Å². The number of ether oxygens (including phenoxy) is 1. The summed E-state index contributed by atoms with van der Waals surface area (Å²) in [7, 11) is 0. The number of carbonyl (C=O) groups excluding carboxylic acids is 2. The Morgan fingerprint density at radius 3 is 2.96 bits per heavy atom. The number of thiazole rings is 1. The van der Waals surface area contributed by atoms with Gasteiger partial charge in [-0.15, -0.1) is 22.7 Å². The topological polar surface area (TPSA) is 68.3 Å². The smallest absolute Gasteiger partial charge is 0.341 e. The van der Waals surface area contributed by atoms with Gasteiger partial charge in [-0.1, -0.05) is 0 Å². The van der Waals surface area contributed by atoms with Crippen LogP contribution in [0.2, 0.25) is 0 Å². The van der Waals surface area contributed by atoms with Crippen molar-refractivity contribution in [1.82, 2.24) is 4.98 Å². The van der Waals surface area contributed by atoms with Crippen LogP contribution < -0.4 is 5.32 Å². The first-order valence-electron chi connectivity index (χ1n) is 8.63. The molecule has 1 amide bonds. The molecule has 3 aromatic rings. The minimum Gasteiger partial charge on any atom is -0.462 e. The van der Waals surface area contributed by atoms with Gasteiger partial charge in [0.2, 0.25) is 0 Å². The lowest BCUT2D eigenvalue weighted by atomic mass is 9.95. The van der Waals surface area contributed by atoms with Gasteiger partial charge in [0.1, 0.15) is 5.00 Å². The summed E-state index contributed by atoms with van der Waals surface area (Å²) in [6.07, 6.45) is 3.99. The van der Waals surface area contributed by atoms with Crippen molar-refractivity contribution in [2.45, 2.75) is 32.6 Å². The zero-order valence-electron chi connectivity index (χ0n) is 14.3. The molecule has 1 aliphatic carbocycles. The Bertz CT molecular complexity index is 990. The number of aryl methyl sites for hydroxylation is 1. The van der Waals surface area contributed by atoms with Gasteiger partial charge in [0, 0.05) is 10.4 Å². The normalized spacial score (nSPS) is 13.4. The number of rotatable bonds is 4. The van der Waals surface area contributed by atoms with Gasteiger partial charge in [0.25, 0.3) is 5.91 Å². The first kappa shape index (κ1) is 17.2. The van der Waals surface area contributed by atoms with Gasteiger partial charge in [-0.05, 0) is 56.4 Å². The molecule has 0 spiro atoms. The maximum atomic E-state index is 12.8. The molecule has 1 aliphatic rings. The van der Waals surface area contributed by atoms with Crippen LogP contribution in [0, 0.1) is 0 Å². The number of amides is 1. The first-order valence-corrected chi connectivity index (χ1v) is 10.3. The first-order chi connectivity index (χ1) is 12.7. The van der Waals surface area contributed by atoms with Gasteiger partial charge in [0.15, 0.2) is 0 Å². The van der Waals surface area contributed by atoms with Crippen molar-refractivity contribution < 1.29 is 14.3 Å². The number of hydrogen-bond donors (Lipinski definition) is 1. The van der Waals surface area contributed by atoms with Crippen LogP contribution in [-0.2, 0) is 17.6 Å². The number of hydrogen-bond acceptors (Lipinski definition) is 6. The van der Waals surface area contributed by atoms with Gasteiger partial charge in [0.05, 0.1) is 27.9 Å². The summed E-state index contributed by atoms with van der Waals surface area (Å²) in [5.41, 5.74) is 4.79. The van der Waals surface area contributed by atoms with Crippen molar-refractivity contribution in [3.05, 3.63) is 45.3 Å². The van der Waals surface area contributed by atoms with Crippen molar-refractivity contribution >= 4 is 49.8 Å². The van der Waals surface area contributed by atoms with E-state index in [1.165, 1.54) is 27.6 Å². The number of thiophene rings is 1. The molecule has 1 N–H and O–H groups in total. The van der Waals surface area contributed by atoms with E-state index in [0.29, 0.717) is 22.7 Å². The van der Waals surface area contributed by atoms with Gasteiger partial charge in [-0.3, -0.25) is 4.79 Å². The molecule has 0 fully saturated rings. The van der Waals surface area contributed by atoms with E-state index in [9.17, 15) is 9.59 Å². The Morgan fingerprint density at radius 2 is 2.12 bits per heavy atom. The van der Waals surface area contributed by atoms with Crippen LogP contribution in [0.25, 0.3) is 10.2 Å². The number of fused-ring (bicyclic) bond motifs is 2. The van der Waals surface area contributed by atoms with Crippen molar-refractivity contribution in [2.75, 3.05) is 11.9 Å². The van der Waals surface area contributed by atoms with Crippen molar-refractivity contribution in [2.24, 2.45) is 0 Å². The Kier molecular flexibility index (Phi) is 4.74. The third-order valence-electron chi connectivity index (χ3n) is 4.47. The van der Waals surface area contributed by atoms with E-state index in [2.05, 4.69) is 10.3 Å². The van der Waals surface area contributed by atoms with E-state index in [1.54, 1.807) is 18.5 Å². The second-order valence-corrected chi connectivity index (χ2v) is 8.12. The second kappa shape index (κ2) is 7.17. The van der Waals surface area contributed by atoms with E-state index in [0.717, 1.165) is 41.5 Å². The molecule has 0 radical (unpaired) electrons. The van der Waals surface area contributed by atoms with Crippen molar-refractivity contribution in [3.63, 3.8) is 0 Å². The fourth-order valence-electron chi connectivity index (χ4n) is 3.24. The van der Waals surface area contributed by atoms with Crippen LogP contribution in [0.3, 0.4) is 0 Å². The van der Waals surface area contributed by atoms with E-state index in [1.807, 2.05) is 12.1 Å². The van der Waals surface area contributed by atoms with E-state index in [-0.39, 0.29) is 11.9 Å². The predicted octanol–water partition coefficient (Wildman–Crippen LogP) is 4.67. The van der Waals surface area contributed by atoms with Crippen molar-refractivity contribution in [3.8, 4) is 0 Å². The fraction of sp³-hybridized carbons (Fsp3) is 0.316. The Hall–Kier alpha value is -2.25. The Morgan fingerprint density at radius 1 is 1.27 bits per heavy atom. The van der Waals surface area contributed by atoms with Crippen LogP contribution >= 0.6 is 22.7 Å². The minimum absolute atomic E-state index is 0.218. The summed E-state index contributed by atoms with van der Waals surface area (Å²) in [6, 6.07) is 5.43. The van der Waals surface area contributed by atoms with Crippen LogP contribution in [0.5, 0.6) is 0 Å². The summed E-state index contributed by atoms with van der Waals surface area (Å²) in [5, 5.41) is 3.54. The fourth-order valence-corrected chi connectivity index (χ4v) is 5.23. The lowest BCUT2D eigenvalue weighted by Gasteiger charge is -2.12. The largest absolute Gasteiger partial charge is 0.462 e. The van der Waals surface area contributed by atoms with Crippen LogP contribution in [0.1, 0.15) is 50.9 Å². The molecule has 7 heteroatoms. The predicted molar refractivity (Wildman–Crippen MR) is 104 cm³/mol. The molecular formula is C19H18N2O3S2. The monoisotopic (exact) mass is 386 g/mol. The molecule has 5 nitrogen and oxygen atoms in total. The molecule has 1 aromatic carbocycles. The highest BCUT2D eigenvalue weighted by atomic mass is 32.1. The quantitative estimate of drug-likeness (QED) is 0.662. The van der Waals surface area contributed by atoms with Gasteiger partial charge < -0.3 is 10.1 Å². The molecule has 0 unspecified atom stereocenters. The van der Waals surface area contributed by atoms with Crippen LogP contribution in [0.15, 0.2) is 23.7 Å². The summed E-state index contributed by atoms with van der Waals surface area (Å²) >= 11 is 3.00. The highest BCUT2D eigenvalue weighted by Gasteiger charge is 2.27. The lowest BCUT2D eigenvalue weighted by Crippen LogP contribution is -2.15. The van der Waals surface area contributed by atoms with Crippen molar-refractivity contribution in [1.29, 1.82) is 0 Å². The second-order valence-electron chi connectivity index (χ2n) is 6.12. The molecule has 0 aliphatic heterocycles. The number of benzene rings is 1. The molecule has 134 valence electrons. The number of nitrogens with one attached hydrogen (secondary N) is 1. The zero-order chi connectivity index (χ0) is 18.1. The standard InChI is InChI=1S/C19H18N2O3S2/c1-2-24-19(23)16-12-5-3-4-6-14(12)26-18(16)21-17(22)11-7-8-13-15(9-11)25-10-20-13/h7-10H,2-6H2,1H3,(H,21,22). The molecule has 2 aromatic heterocycles. The summed E-state index contributed by atoms with van der Waals surface area (Å²) < 4.78 is 6.20. The van der Waals surface area contributed by atoms with E-state index in [4.69, 9.17) is 4.74 Å². The van der Waals surface area contributed by atoms with Crippen LogP contribution in [-0.4, -0.2) is 23.5 Å². The van der Waals surface area contributed by atoms with Crippen LogP contribution in [0.4, 0.5) is 5.00 Å². The average molecular weight is 386 g/mol. The summed E-state index contributed by atoms with van der Waals surface area (Å²) in [5.74, 6) is -0.565. The van der Waals surface area contributed by atoms with Gasteiger partial charge >= 0.3 is 5.97 Å². The average Bonchev–Trinajstić information content (AvgIpc) is 3.25. The molecule has 0 atom stereocenters. The minimum atomic E-state index is -0.347. The summed E-state index contributed by atoms with van der Waals surface area (Å²) in [4.78, 5) is 30.7. The Labute approximate surface area is 159 Å². The van der Waals surface area contributed by atoms with E-state index < -0.39 is 0 Å². The Balaban J connectivity index is 1.67. The van der Waals surface area contributed by atoms with Gasteiger partial charge in [-0.2, -0.15) is 0 Å². The maximum absolute atomic E-state index is 12.8. The number of anilines is 1. The number of nitrogens with zero attached hydrogens (tertiary/aromatic N) is 1. The highest BCUT2D eigenvalue weighted by Crippen LogP contribution is 2.38. The molecule has 4 rings (SSSR count). The maximum Gasteiger partial charge on any atom is 0.341 e. The molecule has 2 heterocycles. The number of carbonyl (C=O) groups is 2. The molecular weight excluding hydrogens is 368 g/mol. The summed E-state index contributed by atoms with van der Waals surface area (Å²) in [6.45, 7) is 2.11. The molecule has 0 saturated heterocycles. The molecule has 0 saturated carbocycles. The molecule has 0 bridgehead atoms.